The number of nitriles is 1. The third kappa shape index (κ3) is 5.82. The zero-order chi connectivity index (χ0) is 19.5. The molecule has 0 saturated heterocycles. The van der Waals surface area contributed by atoms with Gasteiger partial charge < -0.3 is 5.11 Å². The molecular weight excluding hydrogens is 334 g/mol. The van der Waals surface area contributed by atoms with E-state index in [1.54, 1.807) is 0 Å². The van der Waals surface area contributed by atoms with E-state index in [4.69, 9.17) is 0 Å². The highest BCUT2D eigenvalue weighted by Gasteiger charge is 2.19. The molecule has 0 bridgehead atoms. The third-order valence-electron chi connectivity index (χ3n) is 4.72. The molecule has 0 aliphatic carbocycles. The number of carboxylic acids is 1. The van der Waals surface area contributed by atoms with Crippen molar-refractivity contribution in [3.63, 3.8) is 0 Å². The van der Waals surface area contributed by atoms with E-state index in [9.17, 15) is 15.2 Å². The number of unbranched alkanes of at least 4 members (excludes halogenated alkanes) is 5. The first-order valence-electron chi connectivity index (χ1n) is 9.70. The Morgan fingerprint density at radius 1 is 0.926 bits per heavy atom. The summed E-state index contributed by atoms with van der Waals surface area (Å²) in [6.45, 7) is 2.21. The van der Waals surface area contributed by atoms with E-state index < -0.39 is 5.97 Å². The Morgan fingerprint density at radius 3 is 2.22 bits per heavy atom. The number of carboxylic acid groups (broad SMARTS) is 1. The normalized spacial score (nSPS) is 11.6. The van der Waals surface area contributed by atoms with Crippen LogP contribution in [0.4, 0.5) is 0 Å². The maximum atomic E-state index is 11.7. The summed E-state index contributed by atoms with van der Waals surface area (Å²) in [6.07, 6.45) is 8.14. The van der Waals surface area contributed by atoms with Crippen LogP contribution in [0.3, 0.4) is 0 Å². The molecule has 0 fully saturated rings. The van der Waals surface area contributed by atoms with Crippen molar-refractivity contribution in [1.29, 1.82) is 5.26 Å². The van der Waals surface area contributed by atoms with Crippen molar-refractivity contribution in [3.05, 3.63) is 76.9 Å². The Kier molecular flexibility index (Phi) is 8.32. The van der Waals surface area contributed by atoms with Crippen molar-refractivity contribution in [3.8, 4) is 6.07 Å². The van der Waals surface area contributed by atoms with Gasteiger partial charge in [-0.3, -0.25) is 0 Å². The lowest BCUT2D eigenvalue weighted by molar-refractivity contribution is -0.132. The summed E-state index contributed by atoms with van der Waals surface area (Å²) in [5.41, 5.74) is 2.99. The van der Waals surface area contributed by atoms with Crippen LogP contribution >= 0.6 is 0 Å². The molecule has 0 heterocycles. The lowest BCUT2D eigenvalue weighted by Crippen LogP contribution is -2.06. The zero-order valence-electron chi connectivity index (χ0n) is 15.9. The molecule has 0 atom stereocenters. The number of nitrogens with zero attached hydrogens (tertiary/aromatic N) is 1. The fourth-order valence-electron chi connectivity index (χ4n) is 3.33. The van der Waals surface area contributed by atoms with Crippen LogP contribution in [0.25, 0.3) is 5.57 Å². The molecule has 2 rings (SSSR count). The SMILES string of the molecule is CCCCCCCCc1ccccc1C(=C(C#N)C(=O)O)c1ccccc1. The standard InChI is InChI=1S/C24H27NO2/c1-2-3-4-5-6-8-13-19-14-11-12-17-21(19)23(22(18-25)24(26)27)20-15-9-7-10-16-20/h7,9-12,14-17H,2-6,8,13H2,1H3,(H,26,27). The first kappa shape index (κ1) is 20.5. The van der Waals surface area contributed by atoms with Crippen LogP contribution in [0.1, 0.15) is 62.1 Å². The maximum absolute atomic E-state index is 11.7. The molecule has 0 amide bonds. The number of hydrogen-bond acceptors (Lipinski definition) is 2. The van der Waals surface area contributed by atoms with Gasteiger partial charge in [0.1, 0.15) is 11.6 Å². The van der Waals surface area contributed by atoms with Crippen molar-refractivity contribution in [2.75, 3.05) is 0 Å². The molecular formula is C24H27NO2. The van der Waals surface area contributed by atoms with E-state index in [-0.39, 0.29) is 5.57 Å². The van der Waals surface area contributed by atoms with Gasteiger partial charge in [-0.15, -0.1) is 0 Å². The van der Waals surface area contributed by atoms with Gasteiger partial charge in [-0.25, -0.2) is 4.79 Å². The van der Waals surface area contributed by atoms with Crippen molar-refractivity contribution in [1.82, 2.24) is 0 Å². The van der Waals surface area contributed by atoms with Gasteiger partial charge in [0, 0.05) is 5.57 Å². The molecule has 2 aromatic rings. The van der Waals surface area contributed by atoms with Crippen molar-refractivity contribution >= 4 is 11.5 Å². The second-order valence-corrected chi connectivity index (χ2v) is 6.71. The number of hydrogen-bond donors (Lipinski definition) is 1. The topological polar surface area (TPSA) is 61.1 Å². The van der Waals surface area contributed by atoms with Gasteiger partial charge in [-0.05, 0) is 29.5 Å². The van der Waals surface area contributed by atoms with Crippen LogP contribution in [-0.4, -0.2) is 11.1 Å². The molecule has 140 valence electrons. The number of benzene rings is 2. The summed E-state index contributed by atoms with van der Waals surface area (Å²) in [6, 6.07) is 19.1. The molecule has 0 aliphatic heterocycles. The highest BCUT2D eigenvalue weighted by Crippen LogP contribution is 2.30. The Morgan fingerprint density at radius 2 is 1.56 bits per heavy atom. The monoisotopic (exact) mass is 361 g/mol. The van der Waals surface area contributed by atoms with E-state index in [2.05, 4.69) is 6.92 Å². The maximum Gasteiger partial charge on any atom is 0.347 e. The summed E-state index contributed by atoms with van der Waals surface area (Å²) < 4.78 is 0. The van der Waals surface area contributed by atoms with Gasteiger partial charge in [-0.1, -0.05) is 93.6 Å². The number of aliphatic carboxylic acids is 1. The van der Waals surface area contributed by atoms with Crippen LogP contribution in [0.5, 0.6) is 0 Å². The largest absolute Gasteiger partial charge is 0.477 e. The van der Waals surface area contributed by atoms with Gasteiger partial charge in [0.2, 0.25) is 0 Å². The Balaban J connectivity index is 2.35. The van der Waals surface area contributed by atoms with Crippen LogP contribution < -0.4 is 0 Å². The Bertz CT molecular complexity index is 816. The smallest absolute Gasteiger partial charge is 0.347 e. The first-order chi connectivity index (χ1) is 13.2. The Hall–Kier alpha value is -2.86. The van der Waals surface area contributed by atoms with Crippen molar-refractivity contribution in [2.24, 2.45) is 0 Å². The van der Waals surface area contributed by atoms with Crippen molar-refractivity contribution in [2.45, 2.75) is 51.9 Å². The van der Waals surface area contributed by atoms with E-state index in [1.807, 2.05) is 60.7 Å². The fourth-order valence-corrected chi connectivity index (χ4v) is 3.33. The molecule has 0 unspecified atom stereocenters. The Labute approximate surface area is 162 Å². The second-order valence-electron chi connectivity index (χ2n) is 6.71. The first-order valence-corrected chi connectivity index (χ1v) is 9.70. The molecule has 0 aliphatic rings. The fraction of sp³-hybridized carbons (Fsp3) is 0.333. The molecule has 2 aromatic carbocycles. The van der Waals surface area contributed by atoms with Gasteiger partial charge in [0.15, 0.2) is 0 Å². The molecule has 3 heteroatoms. The molecule has 1 N–H and O–H groups in total. The minimum absolute atomic E-state index is 0.211. The highest BCUT2D eigenvalue weighted by atomic mass is 16.4. The summed E-state index contributed by atoms with van der Waals surface area (Å²) >= 11 is 0. The number of aryl methyl sites for hydroxylation is 1. The minimum Gasteiger partial charge on any atom is -0.477 e. The van der Waals surface area contributed by atoms with E-state index in [0.717, 1.165) is 29.5 Å². The summed E-state index contributed by atoms with van der Waals surface area (Å²) in [5, 5.41) is 19.1. The number of rotatable bonds is 10. The quantitative estimate of drug-likeness (QED) is 0.321. The molecule has 0 radical (unpaired) electrons. The van der Waals surface area contributed by atoms with Crippen molar-refractivity contribution < 1.29 is 9.90 Å². The molecule has 0 saturated carbocycles. The van der Waals surface area contributed by atoms with Gasteiger partial charge in [0.25, 0.3) is 0 Å². The second kappa shape index (κ2) is 11.0. The van der Waals surface area contributed by atoms with Crippen LogP contribution in [-0.2, 0) is 11.2 Å². The molecule has 27 heavy (non-hydrogen) atoms. The lowest BCUT2D eigenvalue weighted by Gasteiger charge is -2.15. The average Bonchev–Trinajstić information content (AvgIpc) is 2.69. The molecule has 3 nitrogen and oxygen atoms in total. The number of carbonyl (C=O) groups is 1. The van der Waals surface area contributed by atoms with E-state index in [1.165, 1.54) is 32.1 Å². The van der Waals surface area contributed by atoms with Crippen LogP contribution in [0.2, 0.25) is 0 Å². The average molecular weight is 361 g/mol. The van der Waals surface area contributed by atoms with Gasteiger partial charge in [-0.2, -0.15) is 5.26 Å². The predicted molar refractivity (Wildman–Crippen MR) is 109 cm³/mol. The predicted octanol–water partition coefficient (Wildman–Crippen LogP) is 6.00. The van der Waals surface area contributed by atoms with Crippen LogP contribution in [0, 0.1) is 11.3 Å². The summed E-state index contributed by atoms with van der Waals surface area (Å²) in [4.78, 5) is 11.7. The van der Waals surface area contributed by atoms with Gasteiger partial charge >= 0.3 is 5.97 Å². The third-order valence-corrected chi connectivity index (χ3v) is 4.72. The minimum atomic E-state index is -1.19. The van der Waals surface area contributed by atoms with Crippen LogP contribution in [0.15, 0.2) is 60.2 Å². The highest BCUT2D eigenvalue weighted by molar-refractivity contribution is 6.04. The van der Waals surface area contributed by atoms with E-state index in [0.29, 0.717) is 5.57 Å². The molecule has 0 spiro atoms. The summed E-state index contributed by atoms with van der Waals surface area (Å²) in [5.74, 6) is -1.19. The van der Waals surface area contributed by atoms with Gasteiger partial charge in [0.05, 0.1) is 0 Å². The molecule has 0 aromatic heterocycles. The summed E-state index contributed by atoms with van der Waals surface area (Å²) in [7, 11) is 0. The van der Waals surface area contributed by atoms with E-state index >= 15 is 0 Å². The zero-order valence-corrected chi connectivity index (χ0v) is 15.9. The lowest BCUT2D eigenvalue weighted by atomic mass is 9.88.